The molecule has 0 aliphatic carbocycles. The number of aromatic nitrogens is 2. The van der Waals surface area contributed by atoms with Gasteiger partial charge in [-0.1, -0.05) is 38.1 Å². The standard InChI is InChI=1S/C15H18N2O2/c1-10(2)13-6-4-12(5-7-13)9-17-11(3)8-14(16-17)15(18)19/h4-8,10H,9H2,1-3H3,(H,18,19). The van der Waals surface area contributed by atoms with Gasteiger partial charge in [0.05, 0.1) is 6.54 Å². The predicted octanol–water partition coefficient (Wildman–Crippen LogP) is 3.06. The van der Waals surface area contributed by atoms with Crippen molar-refractivity contribution in [1.29, 1.82) is 0 Å². The Morgan fingerprint density at radius 3 is 2.42 bits per heavy atom. The molecule has 0 aliphatic rings. The molecule has 2 aromatic rings. The molecule has 0 atom stereocenters. The molecule has 0 radical (unpaired) electrons. The molecule has 1 aromatic heterocycles. The second kappa shape index (κ2) is 5.26. The third kappa shape index (κ3) is 3.02. The summed E-state index contributed by atoms with van der Waals surface area (Å²) in [5, 5.41) is 13.0. The molecule has 0 aliphatic heterocycles. The number of aromatic carboxylic acids is 1. The minimum atomic E-state index is -0.989. The lowest BCUT2D eigenvalue weighted by Crippen LogP contribution is -2.06. The van der Waals surface area contributed by atoms with Crippen LogP contribution < -0.4 is 0 Å². The van der Waals surface area contributed by atoms with Gasteiger partial charge in [-0.2, -0.15) is 5.10 Å². The molecule has 0 unspecified atom stereocenters. The lowest BCUT2D eigenvalue weighted by molar-refractivity contribution is 0.0689. The molecule has 0 saturated heterocycles. The summed E-state index contributed by atoms with van der Waals surface area (Å²) < 4.78 is 1.72. The van der Waals surface area contributed by atoms with Gasteiger partial charge in [-0.3, -0.25) is 4.68 Å². The Morgan fingerprint density at radius 2 is 1.95 bits per heavy atom. The molecule has 4 heteroatoms. The van der Waals surface area contributed by atoms with Crippen molar-refractivity contribution in [3.05, 3.63) is 52.8 Å². The first-order chi connectivity index (χ1) is 8.97. The minimum Gasteiger partial charge on any atom is -0.476 e. The Morgan fingerprint density at radius 1 is 1.32 bits per heavy atom. The van der Waals surface area contributed by atoms with E-state index in [1.54, 1.807) is 10.7 Å². The van der Waals surface area contributed by atoms with Crippen molar-refractivity contribution < 1.29 is 9.90 Å². The Balaban J connectivity index is 2.19. The lowest BCUT2D eigenvalue weighted by atomic mass is 10.0. The highest BCUT2D eigenvalue weighted by atomic mass is 16.4. The molecule has 1 aromatic carbocycles. The fourth-order valence-corrected chi connectivity index (χ4v) is 1.96. The van der Waals surface area contributed by atoms with Crippen LogP contribution >= 0.6 is 0 Å². The molecule has 0 fully saturated rings. The van der Waals surface area contributed by atoms with Gasteiger partial charge in [0.1, 0.15) is 0 Å². The van der Waals surface area contributed by atoms with Crippen LogP contribution in [0.2, 0.25) is 0 Å². The molecule has 100 valence electrons. The molecule has 1 N–H and O–H groups in total. The molecular weight excluding hydrogens is 240 g/mol. The molecule has 0 amide bonds. The Labute approximate surface area is 112 Å². The number of hydrogen-bond donors (Lipinski definition) is 1. The fraction of sp³-hybridized carbons (Fsp3) is 0.333. The summed E-state index contributed by atoms with van der Waals surface area (Å²) in [7, 11) is 0. The van der Waals surface area contributed by atoms with E-state index in [1.165, 1.54) is 5.56 Å². The van der Waals surface area contributed by atoms with Crippen molar-refractivity contribution in [3.63, 3.8) is 0 Å². The molecule has 0 spiro atoms. The van der Waals surface area contributed by atoms with Gasteiger partial charge in [0, 0.05) is 5.69 Å². The number of benzene rings is 1. The number of nitrogens with zero attached hydrogens (tertiary/aromatic N) is 2. The summed E-state index contributed by atoms with van der Waals surface area (Å²) in [5.74, 6) is -0.476. The third-order valence-corrected chi connectivity index (χ3v) is 3.18. The molecule has 1 heterocycles. The number of carboxylic acid groups (broad SMARTS) is 1. The summed E-state index contributed by atoms with van der Waals surface area (Å²) in [6, 6.07) is 9.94. The Bertz CT molecular complexity index is 583. The van der Waals surface area contributed by atoms with Gasteiger partial charge in [-0.25, -0.2) is 4.79 Å². The van der Waals surface area contributed by atoms with E-state index < -0.39 is 5.97 Å². The first-order valence-corrected chi connectivity index (χ1v) is 6.34. The minimum absolute atomic E-state index is 0.0938. The van der Waals surface area contributed by atoms with Gasteiger partial charge in [0.15, 0.2) is 5.69 Å². The first kappa shape index (κ1) is 13.3. The average molecular weight is 258 g/mol. The van der Waals surface area contributed by atoms with Gasteiger partial charge in [0.2, 0.25) is 0 Å². The molecule has 19 heavy (non-hydrogen) atoms. The van der Waals surface area contributed by atoms with Crippen molar-refractivity contribution in [3.8, 4) is 0 Å². The van der Waals surface area contributed by atoms with Crippen molar-refractivity contribution in [2.24, 2.45) is 0 Å². The van der Waals surface area contributed by atoms with E-state index in [0.717, 1.165) is 11.3 Å². The Kier molecular flexibility index (Phi) is 3.69. The normalized spacial score (nSPS) is 10.9. The summed E-state index contributed by atoms with van der Waals surface area (Å²) in [4.78, 5) is 10.9. The van der Waals surface area contributed by atoms with Crippen LogP contribution in [-0.2, 0) is 6.54 Å². The van der Waals surface area contributed by atoms with Crippen LogP contribution in [0.4, 0.5) is 0 Å². The molecule has 0 saturated carbocycles. The highest BCUT2D eigenvalue weighted by molar-refractivity contribution is 5.85. The van der Waals surface area contributed by atoms with Crippen LogP contribution in [0, 0.1) is 6.92 Å². The fourth-order valence-electron chi connectivity index (χ4n) is 1.96. The summed E-state index contributed by atoms with van der Waals surface area (Å²) in [5.41, 5.74) is 3.36. The monoisotopic (exact) mass is 258 g/mol. The van der Waals surface area contributed by atoms with Crippen LogP contribution in [0.5, 0.6) is 0 Å². The van der Waals surface area contributed by atoms with Crippen molar-refractivity contribution in [2.75, 3.05) is 0 Å². The van der Waals surface area contributed by atoms with E-state index >= 15 is 0 Å². The number of carboxylic acids is 1. The van der Waals surface area contributed by atoms with E-state index in [4.69, 9.17) is 5.11 Å². The maximum absolute atomic E-state index is 10.9. The first-order valence-electron chi connectivity index (χ1n) is 6.34. The third-order valence-electron chi connectivity index (χ3n) is 3.18. The van der Waals surface area contributed by atoms with Crippen LogP contribution in [0.15, 0.2) is 30.3 Å². The zero-order chi connectivity index (χ0) is 14.0. The van der Waals surface area contributed by atoms with Crippen molar-refractivity contribution >= 4 is 5.97 Å². The van der Waals surface area contributed by atoms with E-state index in [-0.39, 0.29) is 5.69 Å². The summed E-state index contributed by atoms with van der Waals surface area (Å²) in [6.07, 6.45) is 0. The van der Waals surface area contributed by atoms with Gasteiger partial charge >= 0.3 is 5.97 Å². The van der Waals surface area contributed by atoms with Gasteiger partial charge in [-0.05, 0) is 30.0 Å². The maximum atomic E-state index is 10.9. The topological polar surface area (TPSA) is 55.1 Å². The smallest absolute Gasteiger partial charge is 0.356 e. The van der Waals surface area contributed by atoms with E-state index in [0.29, 0.717) is 12.5 Å². The zero-order valence-electron chi connectivity index (χ0n) is 11.4. The van der Waals surface area contributed by atoms with Crippen LogP contribution in [0.1, 0.15) is 47.1 Å². The van der Waals surface area contributed by atoms with Gasteiger partial charge in [0.25, 0.3) is 0 Å². The molecule has 0 bridgehead atoms. The van der Waals surface area contributed by atoms with Crippen LogP contribution in [0.25, 0.3) is 0 Å². The molecular formula is C15H18N2O2. The van der Waals surface area contributed by atoms with E-state index in [9.17, 15) is 4.79 Å². The highest BCUT2D eigenvalue weighted by Gasteiger charge is 2.10. The molecule has 4 nitrogen and oxygen atoms in total. The predicted molar refractivity (Wildman–Crippen MR) is 73.6 cm³/mol. The number of aryl methyl sites for hydroxylation is 1. The average Bonchev–Trinajstić information content (AvgIpc) is 2.72. The number of rotatable bonds is 4. The second-order valence-corrected chi connectivity index (χ2v) is 5.03. The van der Waals surface area contributed by atoms with Gasteiger partial charge in [-0.15, -0.1) is 0 Å². The summed E-state index contributed by atoms with van der Waals surface area (Å²) >= 11 is 0. The number of carbonyl (C=O) groups is 1. The second-order valence-electron chi connectivity index (χ2n) is 5.03. The van der Waals surface area contributed by atoms with Gasteiger partial charge < -0.3 is 5.11 Å². The highest BCUT2D eigenvalue weighted by Crippen LogP contribution is 2.15. The SMILES string of the molecule is Cc1cc(C(=O)O)nn1Cc1ccc(C(C)C)cc1. The summed E-state index contributed by atoms with van der Waals surface area (Å²) in [6.45, 7) is 6.77. The Hall–Kier alpha value is -2.10. The van der Waals surface area contributed by atoms with Crippen LogP contribution in [0.3, 0.4) is 0 Å². The van der Waals surface area contributed by atoms with E-state index in [2.05, 4.69) is 43.2 Å². The molecule has 2 rings (SSSR count). The largest absolute Gasteiger partial charge is 0.476 e. The number of hydrogen-bond acceptors (Lipinski definition) is 2. The lowest BCUT2D eigenvalue weighted by Gasteiger charge is -2.08. The maximum Gasteiger partial charge on any atom is 0.356 e. The van der Waals surface area contributed by atoms with Crippen LogP contribution in [-0.4, -0.2) is 20.9 Å². The van der Waals surface area contributed by atoms with Crippen molar-refractivity contribution in [1.82, 2.24) is 9.78 Å². The van der Waals surface area contributed by atoms with E-state index in [1.807, 2.05) is 6.92 Å². The van der Waals surface area contributed by atoms with Crippen molar-refractivity contribution in [2.45, 2.75) is 33.2 Å². The quantitative estimate of drug-likeness (QED) is 0.917. The zero-order valence-corrected chi connectivity index (χ0v) is 11.4.